The molecule has 0 saturated heterocycles. The van der Waals surface area contributed by atoms with E-state index in [0.29, 0.717) is 17.0 Å². The first-order valence-corrected chi connectivity index (χ1v) is 7.94. The Hall–Kier alpha value is -2.88. The van der Waals surface area contributed by atoms with Gasteiger partial charge in [0.05, 0.1) is 18.2 Å². The van der Waals surface area contributed by atoms with Crippen LogP contribution < -0.4 is 9.64 Å². The lowest BCUT2D eigenvalue weighted by Crippen LogP contribution is -2.55. The minimum atomic E-state index is -1.11. The van der Waals surface area contributed by atoms with Crippen molar-refractivity contribution in [3.63, 3.8) is 0 Å². The Morgan fingerprint density at radius 1 is 1.36 bits per heavy atom. The molecular formula is C18H21N3O4. The number of carbonyl (C=O) groups is 3. The first-order valence-electron chi connectivity index (χ1n) is 7.94. The van der Waals surface area contributed by atoms with Crippen LogP contribution in [-0.2, 0) is 9.59 Å². The summed E-state index contributed by atoms with van der Waals surface area (Å²) in [5.41, 5.74) is -0.278. The number of ether oxygens (including phenoxy) is 1. The van der Waals surface area contributed by atoms with Gasteiger partial charge in [-0.1, -0.05) is 0 Å². The zero-order valence-electron chi connectivity index (χ0n) is 14.8. The average Bonchev–Trinajstić information content (AvgIpc) is 2.55. The first-order chi connectivity index (χ1) is 11.7. The van der Waals surface area contributed by atoms with E-state index in [0.717, 1.165) is 0 Å². The van der Waals surface area contributed by atoms with Crippen LogP contribution in [0.3, 0.4) is 0 Å². The Kier molecular flexibility index (Phi) is 5.12. The van der Waals surface area contributed by atoms with Crippen molar-refractivity contribution in [1.29, 1.82) is 5.26 Å². The molecule has 0 N–H and O–H groups in total. The van der Waals surface area contributed by atoms with E-state index in [9.17, 15) is 14.4 Å². The quantitative estimate of drug-likeness (QED) is 0.760. The second kappa shape index (κ2) is 6.93. The summed E-state index contributed by atoms with van der Waals surface area (Å²) < 4.78 is 5.73. The van der Waals surface area contributed by atoms with Gasteiger partial charge in [-0.05, 0) is 39.0 Å². The molecule has 0 fully saturated rings. The summed E-state index contributed by atoms with van der Waals surface area (Å²) in [4.78, 5) is 39.6. The van der Waals surface area contributed by atoms with Gasteiger partial charge in [-0.2, -0.15) is 5.26 Å². The number of hydrogen-bond acceptors (Lipinski definition) is 5. The minimum Gasteiger partial charge on any atom is -0.476 e. The number of Topliss-reactive ketones (excluding diaryl/α,β-unsaturated/α-hetero) is 1. The monoisotopic (exact) mass is 343 g/mol. The van der Waals surface area contributed by atoms with Crippen LogP contribution in [0.4, 0.5) is 5.69 Å². The Morgan fingerprint density at radius 3 is 2.64 bits per heavy atom. The Bertz CT molecular complexity index is 764. The van der Waals surface area contributed by atoms with Crippen LogP contribution in [0.1, 0.15) is 37.6 Å². The van der Waals surface area contributed by atoms with Crippen LogP contribution in [0, 0.1) is 11.3 Å². The molecule has 0 radical (unpaired) electrons. The van der Waals surface area contributed by atoms with Gasteiger partial charge >= 0.3 is 0 Å². The van der Waals surface area contributed by atoms with Crippen LogP contribution in [-0.4, -0.2) is 48.2 Å². The third-order valence-electron chi connectivity index (χ3n) is 4.06. The van der Waals surface area contributed by atoms with Crippen molar-refractivity contribution >= 4 is 23.3 Å². The maximum Gasteiger partial charge on any atom is 0.271 e. The number of benzene rings is 1. The van der Waals surface area contributed by atoms with Gasteiger partial charge in [0.25, 0.3) is 5.91 Å². The van der Waals surface area contributed by atoms with E-state index in [2.05, 4.69) is 0 Å². The van der Waals surface area contributed by atoms with Gasteiger partial charge in [-0.25, -0.2) is 0 Å². The van der Waals surface area contributed by atoms with Gasteiger partial charge in [-0.3, -0.25) is 19.3 Å². The third-order valence-corrected chi connectivity index (χ3v) is 4.06. The van der Waals surface area contributed by atoms with Gasteiger partial charge in [0.15, 0.2) is 11.4 Å². The van der Waals surface area contributed by atoms with E-state index in [1.54, 1.807) is 39.1 Å². The second-order valence-electron chi connectivity index (χ2n) is 6.47. The summed E-state index contributed by atoms with van der Waals surface area (Å²) in [6.07, 6.45) is 0.218. The maximum absolute atomic E-state index is 12.8. The first kappa shape index (κ1) is 18.5. The standard InChI is InChI=1S/C18H21N3O4/c1-12(22)13-6-7-15-14(10-13)21(17(24)18(2,3)25-15)11-16(23)20(4)9-5-8-19/h6-7,10H,5,9,11H2,1-4H3. The van der Waals surface area contributed by atoms with E-state index in [1.807, 2.05) is 6.07 Å². The minimum absolute atomic E-state index is 0.141. The molecule has 0 bridgehead atoms. The van der Waals surface area contributed by atoms with Crippen molar-refractivity contribution in [3.05, 3.63) is 23.8 Å². The average molecular weight is 343 g/mol. The molecule has 7 heteroatoms. The molecule has 0 aromatic heterocycles. The van der Waals surface area contributed by atoms with Gasteiger partial charge in [0.2, 0.25) is 5.91 Å². The highest BCUT2D eigenvalue weighted by Gasteiger charge is 2.42. The predicted molar refractivity (Wildman–Crippen MR) is 91.4 cm³/mol. The zero-order valence-corrected chi connectivity index (χ0v) is 14.8. The number of likely N-dealkylation sites (N-methyl/N-ethyl adjacent to an activating group) is 1. The second-order valence-corrected chi connectivity index (χ2v) is 6.47. The number of nitrogens with zero attached hydrogens (tertiary/aromatic N) is 3. The van der Waals surface area contributed by atoms with Crippen molar-refractivity contribution in [2.24, 2.45) is 0 Å². The highest BCUT2D eigenvalue weighted by molar-refractivity contribution is 6.07. The summed E-state index contributed by atoms with van der Waals surface area (Å²) in [7, 11) is 1.59. The molecule has 0 aliphatic carbocycles. The van der Waals surface area contributed by atoms with Crippen LogP contribution in [0.15, 0.2) is 18.2 Å². The van der Waals surface area contributed by atoms with E-state index >= 15 is 0 Å². The topological polar surface area (TPSA) is 90.7 Å². The largest absolute Gasteiger partial charge is 0.476 e. The lowest BCUT2D eigenvalue weighted by molar-refractivity contribution is -0.136. The number of anilines is 1. The maximum atomic E-state index is 12.8. The highest BCUT2D eigenvalue weighted by Crippen LogP contribution is 2.38. The summed E-state index contributed by atoms with van der Waals surface area (Å²) in [5, 5.41) is 8.64. The molecule has 2 rings (SSSR count). The van der Waals surface area contributed by atoms with Crippen LogP contribution >= 0.6 is 0 Å². The van der Waals surface area contributed by atoms with E-state index < -0.39 is 5.60 Å². The molecule has 1 heterocycles. The molecule has 1 aliphatic heterocycles. The normalized spacial score (nSPS) is 15.0. The van der Waals surface area contributed by atoms with Crippen molar-refractivity contribution in [1.82, 2.24) is 4.90 Å². The van der Waals surface area contributed by atoms with Gasteiger partial charge < -0.3 is 9.64 Å². The fraction of sp³-hybridized carbons (Fsp3) is 0.444. The molecule has 1 aliphatic rings. The Labute approximate surface area is 146 Å². The number of amides is 2. The van der Waals surface area contributed by atoms with Crippen molar-refractivity contribution in [2.75, 3.05) is 25.0 Å². The van der Waals surface area contributed by atoms with Gasteiger partial charge in [0, 0.05) is 19.2 Å². The Balaban J connectivity index is 2.37. The molecule has 0 unspecified atom stereocenters. The van der Waals surface area contributed by atoms with Crippen LogP contribution in [0.25, 0.3) is 0 Å². The summed E-state index contributed by atoms with van der Waals surface area (Å²) >= 11 is 0. The third kappa shape index (κ3) is 3.79. The van der Waals surface area contributed by atoms with Crippen LogP contribution in [0.2, 0.25) is 0 Å². The molecule has 25 heavy (non-hydrogen) atoms. The van der Waals surface area contributed by atoms with E-state index in [1.165, 1.54) is 16.7 Å². The van der Waals surface area contributed by atoms with Crippen molar-refractivity contribution < 1.29 is 19.1 Å². The van der Waals surface area contributed by atoms with Crippen molar-refractivity contribution in [2.45, 2.75) is 32.8 Å². The van der Waals surface area contributed by atoms with E-state index in [4.69, 9.17) is 10.00 Å². The molecule has 2 amide bonds. The number of nitriles is 1. The lowest BCUT2D eigenvalue weighted by Gasteiger charge is -2.39. The predicted octanol–water partition coefficient (Wildman–Crippen LogP) is 1.77. The fourth-order valence-corrected chi connectivity index (χ4v) is 2.54. The highest BCUT2D eigenvalue weighted by atomic mass is 16.5. The molecule has 0 spiro atoms. The summed E-state index contributed by atoms with van der Waals surface area (Å²) in [6, 6.07) is 6.81. The van der Waals surface area contributed by atoms with Crippen LogP contribution in [0.5, 0.6) is 5.75 Å². The fourth-order valence-electron chi connectivity index (χ4n) is 2.54. The SMILES string of the molecule is CC(=O)c1ccc2c(c1)N(CC(=O)N(C)CCC#N)C(=O)C(C)(C)O2. The molecule has 1 aromatic carbocycles. The van der Waals surface area contributed by atoms with Gasteiger partial charge in [0.1, 0.15) is 12.3 Å². The number of hydrogen-bond donors (Lipinski definition) is 0. The number of carbonyl (C=O) groups excluding carboxylic acids is 3. The molecule has 0 atom stereocenters. The molecule has 1 aromatic rings. The number of ketones is 1. The van der Waals surface area contributed by atoms with Crippen molar-refractivity contribution in [3.8, 4) is 11.8 Å². The number of fused-ring (bicyclic) bond motifs is 1. The molecule has 132 valence electrons. The lowest BCUT2D eigenvalue weighted by atomic mass is 10.0. The Morgan fingerprint density at radius 2 is 2.04 bits per heavy atom. The molecular weight excluding hydrogens is 322 g/mol. The summed E-state index contributed by atoms with van der Waals surface area (Å²) in [6.45, 7) is 4.81. The van der Waals surface area contributed by atoms with E-state index in [-0.39, 0.29) is 37.1 Å². The summed E-state index contributed by atoms with van der Waals surface area (Å²) in [5.74, 6) is -0.345. The molecule has 7 nitrogen and oxygen atoms in total. The smallest absolute Gasteiger partial charge is 0.271 e. The zero-order chi connectivity index (χ0) is 18.8. The number of rotatable bonds is 5. The van der Waals surface area contributed by atoms with Gasteiger partial charge in [-0.15, -0.1) is 0 Å². The molecule has 0 saturated carbocycles.